The number of halogens is 4. The summed E-state index contributed by atoms with van der Waals surface area (Å²) in [6.07, 6.45) is -4.14. The fourth-order valence-electron chi connectivity index (χ4n) is 1.48. The van der Waals surface area contributed by atoms with Crippen LogP contribution in [0.15, 0.2) is 30.3 Å². The van der Waals surface area contributed by atoms with Crippen LogP contribution in [0, 0.1) is 0 Å². The summed E-state index contributed by atoms with van der Waals surface area (Å²) in [6, 6.07) is 6.38. The van der Waals surface area contributed by atoms with E-state index in [1.807, 2.05) is 6.92 Å². The smallest absolute Gasteiger partial charge is 0.439 e. The molecule has 0 radical (unpaired) electrons. The molecule has 4 nitrogen and oxygen atoms in total. The van der Waals surface area contributed by atoms with Crippen molar-refractivity contribution in [1.29, 1.82) is 0 Å². The highest BCUT2D eigenvalue weighted by atomic mass is 35.5. The quantitative estimate of drug-likeness (QED) is 0.785. The van der Waals surface area contributed by atoms with Crippen molar-refractivity contribution >= 4 is 11.6 Å². The van der Waals surface area contributed by atoms with Crippen LogP contribution in [0.5, 0.6) is 17.4 Å². The van der Waals surface area contributed by atoms with E-state index >= 15 is 0 Å². The molecule has 0 atom stereocenters. The number of alkyl halides is 3. The molecule has 8 heteroatoms. The SMILES string of the molecule is CCc1nc(Cl)cc(Oc2ccc(OC(F)(F)F)cc2)n1. The summed E-state index contributed by atoms with van der Waals surface area (Å²) >= 11 is 5.82. The second-order valence-corrected chi connectivity index (χ2v) is 4.31. The lowest BCUT2D eigenvalue weighted by Gasteiger charge is -2.10. The van der Waals surface area contributed by atoms with Gasteiger partial charge in [0.1, 0.15) is 22.5 Å². The number of ether oxygens (including phenoxy) is 2. The molecule has 2 aromatic rings. The molecule has 0 saturated carbocycles. The third kappa shape index (κ3) is 4.78. The van der Waals surface area contributed by atoms with Crippen LogP contribution in [0.1, 0.15) is 12.7 Å². The van der Waals surface area contributed by atoms with E-state index in [0.29, 0.717) is 18.0 Å². The van der Waals surface area contributed by atoms with Crippen molar-refractivity contribution in [3.63, 3.8) is 0 Å². The third-order valence-corrected chi connectivity index (χ3v) is 2.51. The minimum atomic E-state index is -4.72. The van der Waals surface area contributed by atoms with Gasteiger partial charge in [-0.15, -0.1) is 13.2 Å². The first kappa shape index (κ1) is 15.4. The lowest BCUT2D eigenvalue weighted by atomic mass is 10.3. The van der Waals surface area contributed by atoms with Gasteiger partial charge in [0.15, 0.2) is 0 Å². The fourth-order valence-corrected chi connectivity index (χ4v) is 1.67. The number of aromatic nitrogens is 2. The number of hydrogen-bond donors (Lipinski definition) is 0. The van der Waals surface area contributed by atoms with Gasteiger partial charge < -0.3 is 9.47 Å². The van der Waals surface area contributed by atoms with Gasteiger partial charge in [-0.3, -0.25) is 0 Å². The normalized spacial score (nSPS) is 11.3. The molecule has 0 amide bonds. The Labute approximate surface area is 123 Å². The number of aryl methyl sites for hydroxylation is 1. The summed E-state index contributed by atoms with van der Waals surface area (Å²) in [7, 11) is 0. The molecular weight excluding hydrogens is 309 g/mol. The molecule has 112 valence electrons. The Balaban J connectivity index is 2.11. The average molecular weight is 319 g/mol. The number of nitrogens with zero attached hydrogens (tertiary/aromatic N) is 2. The number of hydrogen-bond acceptors (Lipinski definition) is 4. The molecule has 1 heterocycles. The van der Waals surface area contributed by atoms with Crippen LogP contribution in [0.25, 0.3) is 0 Å². The van der Waals surface area contributed by atoms with Crippen LogP contribution < -0.4 is 9.47 Å². The first-order chi connectivity index (χ1) is 9.85. The molecule has 0 fully saturated rings. The van der Waals surface area contributed by atoms with E-state index in [4.69, 9.17) is 16.3 Å². The predicted molar refractivity (Wildman–Crippen MR) is 69.6 cm³/mol. The van der Waals surface area contributed by atoms with E-state index in [2.05, 4.69) is 14.7 Å². The second kappa shape index (κ2) is 6.17. The molecular formula is C13H10ClF3N2O2. The molecule has 0 bridgehead atoms. The van der Waals surface area contributed by atoms with Gasteiger partial charge >= 0.3 is 6.36 Å². The van der Waals surface area contributed by atoms with E-state index < -0.39 is 6.36 Å². The van der Waals surface area contributed by atoms with Gasteiger partial charge in [-0.25, -0.2) is 4.98 Å². The fraction of sp³-hybridized carbons (Fsp3) is 0.231. The lowest BCUT2D eigenvalue weighted by Crippen LogP contribution is -2.16. The van der Waals surface area contributed by atoms with Crippen molar-refractivity contribution in [3.8, 4) is 17.4 Å². The molecule has 1 aromatic carbocycles. The van der Waals surface area contributed by atoms with Crippen LogP contribution >= 0.6 is 11.6 Å². The Morgan fingerprint density at radius 2 is 1.71 bits per heavy atom. The summed E-state index contributed by atoms with van der Waals surface area (Å²) in [5, 5.41) is 0.230. The van der Waals surface area contributed by atoms with Crippen molar-refractivity contribution in [3.05, 3.63) is 41.3 Å². The molecule has 0 unspecified atom stereocenters. The highest BCUT2D eigenvalue weighted by Crippen LogP contribution is 2.27. The monoisotopic (exact) mass is 318 g/mol. The Hall–Kier alpha value is -2.02. The Kier molecular flexibility index (Phi) is 4.52. The van der Waals surface area contributed by atoms with Gasteiger partial charge in [0, 0.05) is 12.5 Å². The van der Waals surface area contributed by atoms with Gasteiger partial charge in [0.25, 0.3) is 0 Å². The summed E-state index contributed by atoms with van der Waals surface area (Å²) < 4.78 is 45.3. The Morgan fingerprint density at radius 1 is 1.10 bits per heavy atom. The van der Waals surface area contributed by atoms with Crippen molar-refractivity contribution in [2.24, 2.45) is 0 Å². The second-order valence-electron chi connectivity index (χ2n) is 3.92. The molecule has 1 aromatic heterocycles. The van der Waals surface area contributed by atoms with Gasteiger partial charge in [0.2, 0.25) is 5.88 Å². The first-order valence-corrected chi connectivity index (χ1v) is 6.30. The maximum absolute atomic E-state index is 12.0. The zero-order valence-electron chi connectivity index (χ0n) is 10.8. The van der Waals surface area contributed by atoms with Crippen molar-refractivity contribution < 1.29 is 22.6 Å². The standard InChI is InChI=1S/C13H10ClF3N2O2/c1-2-11-18-10(14)7-12(19-11)20-8-3-5-9(6-4-8)21-13(15,16)17/h3-7H,2H2,1H3. The molecule has 0 aliphatic rings. The zero-order chi connectivity index (χ0) is 15.5. The van der Waals surface area contributed by atoms with Gasteiger partial charge in [0.05, 0.1) is 0 Å². The Bertz CT molecular complexity index is 618. The van der Waals surface area contributed by atoms with Gasteiger partial charge in [-0.05, 0) is 24.3 Å². The lowest BCUT2D eigenvalue weighted by molar-refractivity contribution is -0.274. The summed E-state index contributed by atoms with van der Waals surface area (Å²) in [5.41, 5.74) is 0. The minimum Gasteiger partial charge on any atom is -0.439 e. The first-order valence-electron chi connectivity index (χ1n) is 5.93. The molecule has 0 aliphatic carbocycles. The van der Waals surface area contributed by atoms with Crippen LogP contribution in [-0.4, -0.2) is 16.3 Å². The molecule has 21 heavy (non-hydrogen) atoms. The van der Waals surface area contributed by atoms with Crippen LogP contribution in [-0.2, 0) is 6.42 Å². The van der Waals surface area contributed by atoms with Crippen LogP contribution in [0.2, 0.25) is 5.15 Å². The van der Waals surface area contributed by atoms with E-state index in [1.165, 1.54) is 18.2 Å². The highest BCUT2D eigenvalue weighted by molar-refractivity contribution is 6.29. The van der Waals surface area contributed by atoms with E-state index in [-0.39, 0.29) is 16.8 Å². The van der Waals surface area contributed by atoms with E-state index in [1.54, 1.807) is 0 Å². The molecule has 2 rings (SSSR count). The van der Waals surface area contributed by atoms with Crippen molar-refractivity contribution in [2.75, 3.05) is 0 Å². The molecule has 0 spiro atoms. The van der Waals surface area contributed by atoms with Crippen molar-refractivity contribution in [2.45, 2.75) is 19.7 Å². The van der Waals surface area contributed by atoms with Crippen molar-refractivity contribution in [1.82, 2.24) is 9.97 Å². The Morgan fingerprint density at radius 3 is 2.29 bits per heavy atom. The predicted octanol–water partition coefficient (Wildman–Crippen LogP) is 4.38. The number of rotatable bonds is 4. The summed E-state index contributed by atoms with van der Waals surface area (Å²) in [4.78, 5) is 8.08. The average Bonchev–Trinajstić information content (AvgIpc) is 2.38. The van der Waals surface area contributed by atoms with Gasteiger partial charge in [-0.2, -0.15) is 4.98 Å². The topological polar surface area (TPSA) is 44.2 Å². The summed E-state index contributed by atoms with van der Waals surface area (Å²) in [6.45, 7) is 1.86. The molecule has 0 N–H and O–H groups in total. The maximum Gasteiger partial charge on any atom is 0.573 e. The van der Waals surface area contributed by atoms with E-state index in [0.717, 1.165) is 12.1 Å². The molecule has 0 aliphatic heterocycles. The third-order valence-electron chi connectivity index (χ3n) is 2.31. The van der Waals surface area contributed by atoms with Crippen LogP contribution in [0.3, 0.4) is 0 Å². The molecule has 0 saturated heterocycles. The van der Waals surface area contributed by atoms with Crippen LogP contribution in [0.4, 0.5) is 13.2 Å². The largest absolute Gasteiger partial charge is 0.573 e. The minimum absolute atomic E-state index is 0.219. The zero-order valence-corrected chi connectivity index (χ0v) is 11.6. The maximum atomic E-state index is 12.0. The van der Waals surface area contributed by atoms with E-state index in [9.17, 15) is 13.2 Å². The summed E-state index contributed by atoms with van der Waals surface area (Å²) in [5.74, 6) is 0.706. The van der Waals surface area contributed by atoms with Gasteiger partial charge in [-0.1, -0.05) is 18.5 Å². The highest BCUT2D eigenvalue weighted by Gasteiger charge is 2.30. The number of benzene rings is 1.